The molecule has 2 nitrogen and oxygen atoms in total. The first kappa shape index (κ1) is 17.5. The first-order valence-corrected chi connectivity index (χ1v) is 10.2. The van der Waals surface area contributed by atoms with E-state index >= 15 is 0 Å². The second kappa shape index (κ2) is 6.79. The minimum absolute atomic E-state index is 0.754. The minimum atomic E-state index is 0.754. The molecule has 1 aromatic heterocycles. The molecular formula is C27H22N2. The van der Waals surface area contributed by atoms with E-state index < -0.39 is 0 Å². The van der Waals surface area contributed by atoms with Gasteiger partial charge in [-0.1, -0.05) is 74.5 Å². The molecule has 0 fully saturated rings. The highest BCUT2D eigenvalue weighted by Gasteiger charge is 2.19. The maximum absolute atomic E-state index is 10.1. The third-order valence-electron chi connectivity index (χ3n) is 6.00. The van der Waals surface area contributed by atoms with Gasteiger partial charge in [-0.25, -0.2) is 0 Å². The quantitative estimate of drug-likeness (QED) is 0.358. The summed E-state index contributed by atoms with van der Waals surface area (Å²) in [5.74, 6) is 0. The van der Waals surface area contributed by atoms with Crippen LogP contribution in [-0.2, 0) is 12.8 Å². The molecule has 1 heterocycles. The number of nitriles is 1. The van der Waals surface area contributed by atoms with Gasteiger partial charge in [-0.2, -0.15) is 5.26 Å². The number of aromatic amines is 1. The third kappa shape index (κ3) is 2.62. The lowest BCUT2D eigenvalue weighted by molar-refractivity contribution is 1.14. The number of H-pyrrole nitrogens is 1. The average molecular weight is 374 g/mol. The molecule has 0 unspecified atom stereocenters. The number of aromatic nitrogens is 1. The molecule has 4 aromatic carbocycles. The van der Waals surface area contributed by atoms with Crippen molar-refractivity contribution in [1.29, 1.82) is 5.26 Å². The van der Waals surface area contributed by atoms with Gasteiger partial charge in [-0.15, -0.1) is 0 Å². The number of aryl methyl sites for hydroxylation is 2. The van der Waals surface area contributed by atoms with E-state index in [1.165, 1.54) is 22.3 Å². The van der Waals surface area contributed by atoms with E-state index in [1.54, 1.807) is 0 Å². The van der Waals surface area contributed by atoms with Crippen LogP contribution < -0.4 is 0 Å². The van der Waals surface area contributed by atoms with Crippen LogP contribution in [0.3, 0.4) is 0 Å². The molecule has 5 aromatic rings. The Morgan fingerprint density at radius 2 is 1.52 bits per heavy atom. The summed E-state index contributed by atoms with van der Waals surface area (Å²) in [7, 11) is 0. The zero-order valence-corrected chi connectivity index (χ0v) is 16.7. The molecule has 0 spiro atoms. The minimum Gasteiger partial charge on any atom is -0.354 e. The van der Waals surface area contributed by atoms with Gasteiger partial charge in [0.1, 0.15) is 6.07 Å². The van der Waals surface area contributed by atoms with Gasteiger partial charge < -0.3 is 4.98 Å². The van der Waals surface area contributed by atoms with Crippen LogP contribution in [0, 0.1) is 11.3 Å². The number of hydrogen-bond donors (Lipinski definition) is 1. The summed E-state index contributed by atoms with van der Waals surface area (Å²) in [5, 5.41) is 14.4. The Labute approximate surface area is 170 Å². The van der Waals surface area contributed by atoms with Crippen LogP contribution in [0.4, 0.5) is 0 Å². The highest BCUT2D eigenvalue weighted by atomic mass is 14.7. The zero-order valence-electron chi connectivity index (χ0n) is 16.7. The Hall–Kier alpha value is -3.57. The summed E-state index contributed by atoms with van der Waals surface area (Å²) in [6.07, 6.45) is 1.99. The fourth-order valence-corrected chi connectivity index (χ4v) is 4.42. The van der Waals surface area contributed by atoms with Crippen molar-refractivity contribution in [3.63, 3.8) is 0 Å². The maximum Gasteiger partial charge on any atom is 0.101 e. The summed E-state index contributed by atoms with van der Waals surface area (Å²) in [5.41, 5.74) is 7.84. The van der Waals surface area contributed by atoms with Crippen LogP contribution in [0.1, 0.15) is 30.5 Å². The molecule has 0 atom stereocenters. The van der Waals surface area contributed by atoms with Crippen molar-refractivity contribution in [3.8, 4) is 17.2 Å². The predicted molar refractivity (Wildman–Crippen MR) is 122 cm³/mol. The highest BCUT2D eigenvalue weighted by Crippen LogP contribution is 2.42. The van der Waals surface area contributed by atoms with Crippen molar-refractivity contribution in [2.45, 2.75) is 26.7 Å². The number of benzene rings is 4. The number of fused-ring (bicyclic) bond motifs is 4. The molecule has 0 bridgehead atoms. The molecule has 0 radical (unpaired) electrons. The van der Waals surface area contributed by atoms with Crippen molar-refractivity contribution < 1.29 is 0 Å². The van der Waals surface area contributed by atoms with E-state index in [2.05, 4.69) is 79.5 Å². The molecule has 140 valence electrons. The van der Waals surface area contributed by atoms with Crippen LogP contribution in [-0.4, -0.2) is 4.98 Å². The van der Waals surface area contributed by atoms with Gasteiger partial charge >= 0.3 is 0 Å². The molecular weight excluding hydrogens is 352 g/mol. The maximum atomic E-state index is 10.1. The lowest BCUT2D eigenvalue weighted by Gasteiger charge is -2.13. The van der Waals surface area contributed by atoms with E-state index in [0.717, 1.165) is 51.0 Å². The van der Waals surface area contributed by atoms with Gasteiger partial charge in [0.25, 0.3) is 0 Å². The van der Waals surface area contributed by atoms with E-state index in [0.29, 0.717) is 0 Å². The second-order valence-corrected chi connectivity index (χ2v) is 7.57. The molecule has 1 N–H and O–H groups in total. The first-order chi connectivity index (χ1) is 14.2. The summed E-state index contributed by atoms with van der Waals surface area (Å²) in [4.78, 5) is 3.63. The summed E-state index contributed by atoms with van der Waals surface area (Å²) in [6.45, 7) is 4.35. The van der Waals surface area contributed by atoms with Crippen LogP contribution in [0.5, 0.6) is 0 Å². The molecule has 29 heavy (non-hydrogen) atoms. The summed E-state index contributed by atoms with van der Waals surface area (Å²) in [6, 6.07) is 26.1. The van der Waals surface area contributed by atoms with Crippen molar-refractivity contribution in [1.82, 2.24) is 4.98 Å². The number of hydrogen-bond acceptors (Lipinski definition) is 1. The standard InChI is InChI=1S/C27H22N2/c1-3-17-9-12-19(13-10-17)25-22-15-18(4-2)11-14-20(22)23(16-28)26-21-7-5-6-8-24(21)29-27(25)26/h5-15,29H,3-4H2,1-2H3. The lowest BCUT2D eigenvalue weighted by Crippen LogP contribution is -1.91. The van der Waals surface area contributed by atoms with Crippen LogP contribution in [0.15, 0.2) is 66.7 Å². The van der Waals surface area contributed by atoms with Crippen molar-refractivity contribution >= 4 is 32.6 Å². The van der Waals surface area contributed by atoms with Crippen molar-refractivity contribution in [2.75, 3.05) is 0 Å². The summed E-state index contributed by atoms with van der Waals surface area (Å²) < 4.78 is 0. The Bertz CT molecular complexity index is 1410. The Kier molecular flexibility index (Phi) is 4.11. The third-order valence-corrected chi connectivity index (χ3v) is 6.00. The van der Waals surface area contributed by atoms with E-state index in [1.807, 2.05) is 12.1 Å². The van der Waals surface area contributed by atoms with Gasteiger partial charge in [0.05, 0.1) is 11.1 Å². The Morgan fingerprint density at radius 3 is 2.24 bits per heavy atom. The monoisotopic (exact) mass is 374 g/mol. The zero-order chi connectivity index (χ0) is 20.0. The topological polar surface area (TPSA) is 39.6 Å². The Morgan fingerprint density at radius 1 is 0.793 bits per heavy atom. The van der Waals surface area contributed by atoms with Crippen LogP contribution in [0.25, 0.3) is 43.7 Å². The van der Waals surface area contributed by atoms with Crippen molar-refractivity contribution in [2.24, 2.45) is 0 Å². The largest absolute Gasteiger partial charge is 0.354 e. The van der Waals surface area contributed by atoms with Gasteiger partial charge in [-0.3, -0.25) is 0 Å². The second-order valence-electron chi connectivity index (χ2n) is 7.57. The van der Waals surface area contributed by atoms with Gasteiger partial charge in [0.15, 0.2) is 0 Å². The predicted octanol–water partition coefficient (Wildman–Crippen LogP) is 7.14. The molecule has 5 rings (SSSR count). The number of nitrogens with one attached hydrogen (secondary N) is 1. The van der Waals surface area contributed by atoms with Gasteiger partial charge in [0.2, 0.25) is 0 Å². The molecule has 0 aliphatic carbocycles. The Balaban J connectivity index is 2.02. The number of rotatable bonds is 3. The van der Waals surface area contributed by atoms with Gasteiger partial charge in [-0.05, 0) is 41.0 Å². The fourth-order valence-electron chi connectivity index (χ4n) is 4.42. The molecule has 0 saturated heterocycles. The number of nitrogens with zero attached hydrogens (tertiary/aromatic N) is 1. The van der Waals surface area contributed by atoms with E-state index in [4.69, 9.17) is 0 Å². The first-order valence-electron chi connectivity index (χ1n) is 10.2. The smallest absolute Gasteiger partial charge is 0.101 e. The SMILES string of the molecule is CCc1ccc(-c2c3cc(CC)ccc3c(C#N)c3c2[nH]c2ccccc23)cc1. The molecule has 0 saturated carbocycles. The lowest BCUT2D eigenvalue weighted by atomic mass is 9.89. The fraction of sp³-hybridized carbons (Fsp3) is 0.148. The molecule has 0 aliphatic rings. The molecule has 0 amide bonds. The summed E-state index contributed by atoms with van der Waals surface area (Å²) >= 11 is 0. The highest BCUT2D eigenvalue weighted by molar-refractivity contribution is 6.23. The normalized spacial score (nSPS) is 11.3. The van der Waals surface area contributed by atoms with E-state index in [9.17, 15) is 5.26 Å². The molecule has 0 aliphatic heterocycles. The van der Waals surface area contributed by atoms with Gasteiger partial charge in [0, 0.05) is 27.2 Å². The van der Waals surface area contributed by atoms with E-state index in [-0.39, 0.29) is 0 Å². The van der Waals surface area contributed by atoms with Crippen molar-refractivity contribution in [3.05, 3.63) is 83.4 Å². The van der Waals surface area contributed by atoms with Crippen LogP contribution >= 0.6 is 0 Å². The molecule has 2 heteroatoms. The average Bonchev–Trinajstić information content (AvgIpc) is 3.16. The number of para-hydroxylation sites is 1. The van der Waals surface area contributed by atoms with Crippen LogP contribution in [0.2, 0.25) is 0 Å².